The molecule has 1 heterocycles. The first-order valence-corrected chi connectivity index (χ1v) is 8.18. The zero-order valence-electron chi connectivity index (χ0n) is 11.6. The van der Waals surface area contributed by atoms with Crippen molar-refractivity contribution in [2.24, 2.45) is 0 Å². The van der Waals surface area contributed by atoms with E-state index >= 15 is 0 Å². The third-order valence-electron chi connectivity index (χ3n) is 2.73. The molecule has 1 aromatic rings. The second-order valence-corrected chi connectivity index (χ2v) is 6.64. The number of sulfonamides is 1. The number of furan rings is 1. The molecule has 7 heteroatoms. The van der Waals surface area contributed by atoms with Gasteiger partial charge in [0.05, 0.1) is 5.88 Å². The molecular weight excluding hydrogens is 288 g/mol. The minimum atomic E-state index is -3.55. The molecule has 0 bridgehead atoms. The topological polar surface area (TPSA) is 53.8 Å². The molecule has 0 fully saturated rings. The Kier molecular flexibility index (Phi) is 6.32. The van der Waals surface area contributed by atoms with Gasteiger partial charge in [0.25, 0.3) is 10.0 Å². The van der Waals surface area contributed by atoms with E-state index in [0.29, 0.717) is 18.8 Å². The number of halogens is 1. The highest BCUT2D eigenvalue weighted by Crippen LogP contribution is 2.19. The molecule has 0 atom stereocenters. The fourth-order valence-electron chi connectivity index (χ4n) is 1.71. The molecule has 0 N–H and O–H groups in total. The third-order valence-corrected chi connectivity index (χ3v) is 4.84. The predicted molar refractivity (Wildman–Crippen MR) is 75.9 cm³/mol. The van der Waals surface area contributed by atoms with Gasteiger partial charge in [0, 0.05) is 13.1 Å². The van der Waals surface area contributed by atoms with E-state index in [2.05, 4.69) is 0 Å². The van der Waals surface area contributed by atoms with E-state index in [0.717, 1.165) is 13.0 Å². The van der Waals surface area contributed by atoms with Gasteiger partial charge in [-0.25, -0.2) is 8.42 Å². The first-order valence-electron chi connectivity index (χ1n) is 6.21. The zero-order valence-corrected chi connectivity index (χ0v) is 13.2. The first kappa shape index (κ1) is 16.5. The first-order chi connectivity index (χ1) is 8.91. The largest absolute Gasteiger partial charge is 0.447 e. The quantitative estimate of drug-likeness (QED) is 0.689. The van der Waals surface area contributed by atoms with Crippen LogP contribution < -0.4 is 0 Å². The van der Waals surface area contributed by atoms with Gasteiger partial charge in [-0.3, -0.25) is 0 Å². The van der Waals surface area contributed by atoms with Crippen LogP contribution in [0.4, 0.5) is 0 Å². The lowest BCUT2D eigenvalue weighted by Gasteiger charge is -2.19. The van der Waals surface area contributed by atoms with E-state index in [-0.39, 0.29) is 11.0 Å². The van der Waals surface area contributed by atoms with Gasteiger partial charge in [-0.1, -0.05) is 6.92 Å². The van der Waals surface area contributed by atoms with Crippen LogP contribution in [0.15, 0.2) is 21.6 Å². The van der Waals surface area contributed by atoms with Crippen LogP contribution in [0.2, 0.25) is 0 Å². The summed E-state index contributed by atoms with van der Waals surface area (Å²) in [4.78, 5) is 2.03. The summed E-state index contributed by atoms with van der Waals surface area (Å²) < 4.78 is 31.3. The van der Waals surface area contributed by atoms with Crippen molar-refractivity contribution < 1.29 is 12.8 Å². The lowest BCUT2D eigenvalue weighted by Crippen LogP contribution is -2.33. The smallest absolute Gasteiger partial charge is 0.276 e. The second kappa shape index (κ2) is 7.28. The Labute approximate surface area is 120 Å². The van der Waals surface area contributed by atoms with E-state index in [4.69, 9.17) is 16.0 Å². The molecule has 0 amide bonds. The standard InChI is InChI=1S/C12H21ClN2O3S/c1-4-15(9-5-8-14(2)3)19(16,17)12-7-6-11(10-13)18-12/h6-7H,4-5,8-10H2,1-3H3. The Balaban J connectivity index is 2.77. The summed E-state index contributed by atoms with van der Waals surface area (Å²) in [6.07, 6.45) is 0.781. The molecule has 1 aromatic heterocycles. The Morgan fingerprint density at radius 2 is 1.95 bits per heavy atom. The van der Waals surface area contributed by atoms with E-state index in [1.807, 2.05) is 25.9 Å². The number of nitrogens with zero attached hydrogens (tertiary/aromatic N) is 2. The molecule has 1 rings (SSSR count). The summed E-state index contributed by atoms with van der Waals surface area (Å²) in [6, 6.07) is 3.05. The molecule has 0 aliphatic heterocycles. The van der Waals surface area contributed by atoms with Crippen LogP contribution in [-0.4, -0.2) is 51.4 Å². The van der Waals surface area contributed by atoms with Crippen molar-refractivity contribution in [3.05, 3.63) is 17.9 Å². The summed E-state index contributed by atoms with van der Waals surface area (Å²) in [5.74, 6) is 0.632. The molecule has 0 spiro atoms. The van der Waals surface area contributed by atoms with Crippen molar-refractivity contribution in [1.82, 2.24) is 9.21 Å². The van der Waals surface area contributed by atoms with Gasteiger partial charge in [-0.2, -0.15) is 4.31 Å². The minimum Gasteiger partial charge on any atom is -0.447 e. The highest BCUT2D eigenvalue weighted by Gasteiger charge is 2.26. The summed E-state index contributed by atoms with van der Waals surface area (Å²) in [5.41, 5.74) is 0. The van der Waals surface area contributed by atoms with Crippen LogP contribution in [0.5, 0.6) is 0 Å². The Morgan fingerprint density at radius 3 is 2.42 bits per heavy atom. The number of alkyl halides is 1. The van der Waals surface area contributed by atoms with Crippen LogP contribution in [-0.2, 0) is 15.9 Å². The molecule has 0 radical (unpaired) electrons. The maximum absolute atomic E-state index is 12.3. The lowest BCUT2D eigenvalue weighted by atomic mass is 10.4. The van der Waals surface area contributed by atoms with Crippen molar-refractivity contribution in [2.45, 2.75) is 24.3 Å². The second-order valence-electron chi connectivity index (χ2n) is 4.51. The SMILES string of the molecule is CCN(CCCN(C)C)S(=O)(=O)c1ccc(CCl)o1. The van der Waals surface area contributed by atoms with Crippen LogP contribution in [0.3, 0.4) is 0 Å². The van der Waals surface area contributed by atoms with Crippen LogP contribution in [0, 0.1) is 0 Å². The van der Waals surface area contributed by atoms with Gasteiger partial charge in [0.15, 0.2) is 0 Å². The van der Waals surface area contributed by atoms with Gasteiger partial charge in [0.2, 0.25) is 5.09 Å². The van der Waals surface area contributed by atoms with E-state index in [9.17, 15) is 8.42 Å². The summed E-state index contributed by atoms with van der Waals surface area (Å²) >= 11 is 5.61. The molecule has 0 saturated carbocycles. The molecule has 5 nitrogen and oxygen atoms in total. The summed E-state index contributed by atoms with van der Waals surface area (Å²) in [6.45, 7) is 3.57. The van der Waals surface area contributed by atoms with Gasteiger partial charge < -0.3 is 9.32 Å². The Hall–Kier alpha value is -0.560. The molecule has 110 valence electrons. The van der Waals surface area contributed by atoms with Gasteiger partial charge in [0.1, 0.15) is 5.76 Å². The van der Waals surface area contributed by atoms with Gasteiger partial charge >= 0.3 is 0 Å². The normalized spacial score (nSPS) is 12.5. The monoisotopic (exact) mass is 308 g/mol. The molecule has 0 aromatic carbocycles. The van der Waals surface area contributed by atoms with Crippen molar-refractivity contribution in [3.63, 3.8) is 0 Å². The average molecular weight is 309 g/mol. The predicted octanol–water partition coefficient (Wildman–Crippen LogP) is 1.98. The van der Waals surface area contributed by atoms with Gasteiger partial charge in [-0.05, 0) is 39.2 Å². The summed E-state index contributed by atoms with van der Waals surface area (Å²) in [7, 11) is 0.376. The number of hydrogen-bond donors (Lipinski definition) is 0. The number of hydrogen-bond acceptors (Lipinski definition) is 4. The molecular formula is C12H21ClN2O3S. The fraction of sp³-hybridized carbons (Fsp3) is 0.667. The van der Waals surface area contributed by atoms with Crippen molar-refractivity contribution in [1.29, 1.82) is 0 Å². The molecule has 0 aliphatic rings. The summed E-state index contributed by atoms with van der Waals surface area (Å²) in [5, 5.41) is -0.0325. The van der Waals surface area contributed by atoms with Gasteiger partial charge in [-0.15, -0.1) is 11.6 Å². The molecule has 0 saturated heterocycles. The fourth-order valence-corrected chi connectivity index (χ4v) is 3.27. The third kappa shape index (κ3) is 4.49. The maximum atomic E-state index is 12.3. The molecule has 0 unspecified atom stereocenters. The average Bonchev–Trinajstić information content (AvgIpc) is 2.83. The van der Waals surface area contributed by atoms with E-state index < -0.39 is 10.0 Å². The van der Waals surface area contributed by atoms with Crippen LogP contribution >= 0.6 is 11.6 Å². The van der Waals surface area contributed by atoms with Crippen LogP contribution in [0.25, 0.3) is 0 Å². The Bertz CT molecular complexity index is 485. The Morgan fingerprint density at radius 1 is 1.26 bits per heavy atom. The highest BCUT2D eigenvalue weighted by molar-refractivity contribution is 7.89. The highest BCUT2D eigenvalue weighted by atomic mass is 35.5. The lowest BCUT2D eigenvalue weighted by molar-refractivity contribution is 0.344. The van der Waals surface area contributed by atoms with E-state index in [1.165, 1.54) is 10.4 Å². The molecule has 0 aliphatic carbocycles. The zero-order chi connectivity index (χ0) is 14.5. The van der Waals surface area contributed by atoms with E-state index in [1.54, 1.807) is 6.07 Å². The van der Waals surface area contributed by atoms with Crippen molar-refractivity contribution >= 4 is 21.6 Å². The molecule has 19 heavy (non-hydrogen) atoms. The van der Waals surface area contributed by atoms with Crippen LogP contribution in [0.1, 0.15) is 19.1 Å². The number of rotatable bonds is 8. The van der Waals surface area contributed by atoms with Crippen molar-refractivity contribution in [2.75, 3.05) is 33.7 Å². The maximum Gasteiger partial charge on any atom is 0.276 e. The minimum absolute atomic E-state index is 0.0325. The van der Waals surface area contributed by atoms with Crippen molar-refractivity contribution in [3.8, 4) is 0 Å².